The molecule has 0 bridgehead atoms. The van der Waals surface area contributed by atoms with E-state index >= 15 is 0 Å². The highest BCUT2D eigenvalue weighted by atomic mass is 16.6. The van der Waals surface area contributed by atoms with Crippen molar-refractivity contribution in [1.29, 1.82) is 0 Å². The van der Waals surface area contributed by atoms with Gasteiger partial charge < -0.3 is 15.0 Å². The van der Waals surface area contributed by atoms with E-state index in [1.165, 1.54) is 0 Å². The Morgan fingerprint density at radius 2 is 1.95 bits per heavy atom. The maximum atomic E-state index is 11.4. The number of hydrogen-bond acceptors (Lipinski definition) is 5. The maximum Gasteiger partial charge on any atom is 0.407 e. The first kappa shape index (κ1) is 15.2. The molecule has 0 saturated carbocycles. The van der Waals surface area contributed by atoms with Crippen LogP contribution in [0.3, 0.4) is 0 Å². The van der Waals surface area contributed by atoms with E-state index < -0.39 is 11.7 Å². The van der Waals surface area contributed by atoms with Gasteiger partial charge in [0.15, 0.2) is 0 Å². The Hall–Kier alpha value is -1.85. The Morgan fingerprint density at radius 3 is 2.47 bits per heavy atom. The lowest BCUT2D eigenvalue weighted by atomic mass is 10.2. The number of nitrogens with one attached hydrogen (secondary N) is 1. The highest BCUT2D eigenvalue weighted by Gasteiger charge is 2.15. The van der Waals surface area contributed by atoms with Crippen molar-refractivity contribution in [2.75, 3.05) is 25.0 Å². The molecule has 0 atom stereocenters. The summed E-state index contributed by atoms with van der Waals surface area (Å²) in [5.41, 5.74) is 0.541. The van der Waals surface area contributed by atoms with Crippen LogP contribution in [0.15, 0.2) is 12.4 Å². The molecule has 0 aliphatic rings. The van der Waals surface area contributed by atoms with Crippen LogP contribution in [-0.4, -0.2) is 41.8 Å². The monoisotopic (exact) mass is 266 g/mol. The van der Waals surface area contributed by atoms with Crippen molar-refractivity contribution in [3.05, 3.63) is 18.0 Å². The van der Waals surface area contributed by atoms with Crippen LogP contribution < -0.4 is 10.2 Å². The molecule has 0 aliphatic carbocycles. The predicted molar refractivity (Wildman–Crippen MR) is 74.3 cm³/mol. The number of aryl methyl sites for hydroxylation is 1. The van der Waals surface area contributed by atoms with E-state index in [0.29, 0.717) is 19.0 Å². The van der Waals surface area contributed by atoms with Gasteiger partial charge in [0.25, 0.3) is 0 Å². The molecule has 0 saturated heterocycles. The molecule has 19 heavy (non-hydrogen) atoms. The molecule has 1 aromatic rings. The summed E-state index contributed by atoms with van der Waals surface area (Å²) in [6.45, 7) is 8.52. The minimum absolute atomic E-state index is 0.411. The Morgan fingerprint density at radius 1 is 1.37 bits per heavy atom. The van der Waals surface area contributed by atoms with Crippen molar-refractivity contribution >= 4 is 12.0 Å². The van der Waals surface area contributed by atoms with Crippen LogP contribution in [0.1, 0.15) is 26.3 Å². The van der Waals surface area contributed by atoms with Crippen molar-refractivity contribution in [2.45, 2.75) is 33.3 Å². The lowest BCUT2D eigenvalue weighted by Crippen LogP contribution is -2.37. The van der Waals surface area contributed by atoms with E-state index in [4.69, 9.17) is 4.74 Å². The van der Waals surface area contributed by atoms with Gasteiger partial charge in [-0.1, -0.05) is 0 Å². The van der Waals surface area contributed by atoms with E-state index in [1.807, 2.05) is 39.6 Å². The number of alkyl carbamates (subject to hydrolysis) is 1. The van der Waals surface area contributed by atoms with Gasteiger partial charge in [-0.3, -0.25) is 0 Å². The molecule has 1 rings (SSSR count). The van der Waals surface area contributed by atoms with Gasteiger partial charge in [0.1, 0.15) is 5.60 Å². The summed E-state index contributed by atoms with van der Waals surface area (Å²) in [6.07, 6.45) is 3.12. The quantitative estimate of drug-likeness (QED) is 0.899. The average molecular weight is 266 g/mol. The predicted octanol–water partition coefficient (Wildman–Crippen LogP) is 1.75. The molecule has 0 spiro atoms. The fraction of sp³-hybridized carbons (Fsp3) is 0.615. The second kappa shape index (κ2) is 6.36. The molecular formula is C13H22N4O2. The molecule has 1 heterocycles. The van der Waals surface area contributed by atoms with Crippen molar-refractivity contribution in [3.8, 4) is 0 Å². The topological polar surface area (TPSA) is 67.4 Å². The summed E-state index contributed by atoms with van der Waals surface area (Å²) >= 11 is 0. The number of nitrogens with zero attached hydrogens (tertiary/aromatic N) is 3. The minimum atomic E-state index is -0.476. The van der Waals surface area contributed by atoms with Gasteiger partial charge in [0.2, 0.25) is 5.95 Å². The molecule has 1 N–H and O–H groups in total. The second-order valence-electron chi connectivity index (χ2n) is 5.41. The molecule has 0 aromatic carbocycles. The number of hydrogen-bond donors (Lipinski definition) is 1. The third kappa shape index (κ3) is 6.03. The molecule has 1 amide bonds. The fourth-order valence-corrected chi connectivity index (χ4v) is 1.32. The molecule has 0 fully saturated rings. The van der Waals surface area contributed by atoms with Crippen molar-refractivity contribution in [2.24, 2.45) is 0 Å². The van der Waals surface area contributed by atoms with Gasteiger partial charge in [0, 0.05) is 32.5 Å². The summed E-state index contributed by atoms with van der Waals surface area (Å²) in [6, 6.07) is 0. The standard InChI is InChI=1S/C13H22N4O2/c1-10-8-15-11(16-9-10)17(5)7-6-14-12(18)19-13(2,3)4/h8-9H,6-7H2,1-5H3,(H,14,18). The Labute approximate surface area is 114 Å². The molecule has 6 heteroatoms. The summed E-state index contributed by atoms with van der Waals surface area (Å²) in [7, 11) is 1.88. The molecule has 6 nitrogen and oxygen atoms in total. The summed E-state index contributed by atoms with van der Waals surface area (Å²) < 4.78 is 5.14. The SMILES string of the molecule is Cc1cnc(N(C)CCNC(=O)OC(C)(C)C)nc1. The molecule has 106 valence electrons. The third-order valence-corrected chi connectivity index (χ3v) is 2.22. The highest BCUT2D eigenvalue weighted by molar-refractivity contribution is 5.67. The minimum Gasteiger partial charge on any atom is -0.444 e. The molecule has 1 aromatic heterocycles. The number of ether oxygens (including phenoxy) is 1. The van der Waals surface area contributed by atoms with E-state index in [-0.39, 0.29) is 0 Å². The van der Waals surface area contributed by atoms with Crippen LogP contribution in [0.4, 0.5) is 10.7 Å². The summed E-state index contributed by atoms with van der Waals surface area (Å²) in [4.78, 5) is 21.7. The summed E-state index contributed by atoms with van der Waals surface area (Å²) in [5, 5.41) is 2.69. The number of carbonyl (C=O) groups excluding carboxylic acids is 1. The van der Waals surface area contributed by atoms with Crippen LogP contribution in [0.5, 0.6) is 0 Å². The first-order valence-corrected chi connectivity index (χ1v) is 6.24. The lowest BCUT2D eigenvalue weighted by Gasteiger charge is -2.21. The maximum absolute atomic E-state index is 11.4. The highest BCUT2D eigenvalue weighted by Crippen LogP contribution is 2.06. The van der Waals surface area contributed by atoms with Gasteiger partial charge >= 0.3 is 6.09 Å². The third-order valence-electron chi connectivity index (χ3n) is 2.22. The van der Waals surface area contributed by atoms with Crippen LogP contribution in [0.25, 0.3) is 0 Å². The zero-order chi connectivity index (χ0) is 14.5. The average Bonchev–Trinajstić information content (AvgIpc) is 2.27. The zero-order valence-corrected chi connectivity index (χ0v) is 12.2. The number of anilines is 1. The zero-order valence-electron chi connectivity index (χ0n) is 12.2. The van der Waals surface area contributed by atoms with Crippen LogP contribution in [-0.2, 0) is 4.74 Å². The fourth-order valence-electron chi connectivity index (χ4n) is 1.32. The van der Waals surface area contributed by atoms with E-state index in [0.717, 1.165) is 5.56 Å². The number of likely N-dealkylation sites (N-methyl/N-ethyl adjacent to an activating group) is 1. The van der Waals surface area contributed by atoms with Gasteiger partial charge in [-0.15, -0.1) is 0 Å². The van der Waals surface area contributed by atoms with Crippen molar-refractivity contribution < 1.29 is 9.53 Å². The molecule has 0 radical (unpaired) electrons. The molecule has 0 unspecified atom stereocenters. The Bertz CT molecular complexity index is 412. The number of rotatable bonds is 4. The van der Waals surface area contributed by atoms with Crippen LogP contribution in [0, 0.1) is 6.92 Å². The van der Waals surface area contributed by atoms with E-state index in [2.05, 4.69) is 15.3 Å². The second-order valence-corrected chi connectivity index (χ2v) is 5.41. The Kier molecular flexibility index (Phi) is 5.09. The normalized spacial score (nSPS) is 11.0. The van der Waals surface area contributed by atoms with Crippen LogP contribution in [0.2, 0.25) is 0 Å². The first-order chi connectivity index (χ1) is 8.78. The van der Waals surface area contributed by atoms with Gasteiger partial charge in [-0.05, 0) is 33.3 Å². The van der Waals surface area contributed by atoms with Gasteiger partial charge in [-0.25, -0.2) is 14.8 Å². The van der Waals surface area contributed by atoms with Crippen LogP contribution >= 0.6 is 0 Å². The molecular weight excluding hydrogens is 244 g/mol. The number of amides is 1. The van der Waals surface area contributed by atoms with Gasteiger partial charge in [-0.2, -0.15) is 0 Å². The van der Waals surface area contributed by atoms with E-state index in [9.17, 15) is 4.79 Å². The summed E-state index contributed by atoms with van der Waals surface area (Å²) in [5.74, 6) is 0.636. The van der Waals surface area contributed by atoms with Gasteiger partial charge in [0.05, 0.1) is 0 Å². The lowest BCUT2D eigenvalue weighted by molar-refractivity contribution is 0.0529. The Balaban J connectivity index is 2.33. The number of aromatic nitrogens is 2. The van der Waals surface area contributed by atoms with Crippen molar-refractivity contribution in [3.63, 3.8) is 0 Å². The largest absolute Gasteiger partial charge is 0.444 e. The number of carbonyl (C=O) groups is 1. The van der Waals surface area contributed by atoms with Crippen molar-refractivity contribution in [1.82, 2.24) is 15.3 Å². The van der Waals surface area contributed by atoms with E-state index in [1.54, 1.807) is 12.4 Å². The first-order valence-electron chi connectivity index (χ1n) is 6.24. The molecule has 0 aliphatic heterocycles. The smallest absolute Gasteiger partial charge is 0.407 e.